The highest BCUT2D eigenvalue weighted by Crippen LogP contribution is 2.20. The molecule has 0 radical (unpaired) electrons. The molecule has 16 heavy (non-hydrogen) atoms. The summed E-state index contributed by atoms with van der Waals surface area (Å²) < 4.78 is 36.6. The van der Waals surface area contributed by atoms with Crippen LogP contribution in [0, 0.1) is 0 Å². The van der Waals surface area contributed by atoms with Crippen molar-refractivity contribution < 1.29 is 22.8 Å². The highest BCUT2D eigenvalue weighted by molar-refractivity contribution is 5.92. The fourth-order valence-electron chi connectivity index (χ4n) is 1.57. The van der Waals surface area contributed by atoms with Crippen LogP contribution in [-0.2, 0) is 9.59 Å². The SMILES string of the molecule is CC1(C)NC(=O)CCN(CC(F)(F)F)C1=O. The molecule has 2 amide bonds. The lowest BCUT2D eigenvalue weighted by Gasteiger charge is -2.29. The molecular formula is C9H13F3N2O2. The van der Waals surface area contributed by atoms with Gasteiger partial charge in [0.1, 0.15) is 12.1 Å². The quantitative estimate of drug-likeness (QED) is 0.730. The van der Waals surface area contributed by atoms with Crippen LogP contribution in [0.15, 0.2) is 0 Å². The minimum absolute atomic E-state index is 0.106. The average Bonchev–Trinajstić information content (AvgIpc) is 2.14. The molecule has 0 aromatic rings. The molecule has 0 bridgehead atoms. The van der Waals surface area contributed by atoms with Crippen molar-refractivity contribution >= 4 is 11.8 Å². The van der Waals surface area contributed by atoms with Crippen molar-refractivity contribution in [3.63, 3.8) is 0 Å². The Morgan fingerprint density at radius 1 is 1.38 bits per heavy atom. The number of carbonyl (C=O) groups is 2. The van der Waals surface area contributed by atoms with Gasteiger partial charge >= 0.3 is 6.18 Å². The van der Waals surface area contributed by atoms with Gasteiger partial charge in [-0.25, -0.2) is 0 Å². The molecule has 0 aromatic carbocycles. The van der Waals surface area contributed by atoms with Crippen LogP contribution in [0.5, 0.6) is 0 Å². The summed E-state index contributed by atoms with van der Waals surface area (Å²) in [5, 5.41) is 2.39. The maximum Gasteiger partial charge on any atom is 0.406 e. The molecule has 1 rings (SSSR count). The van der Waals surface area contributed by atoms with Gasteiger partial charge in [-0.05, 0) is 13.8 Å². The fourth-order valence-corrected chi connectivity index (χ4v) is 1.57. The summed E-state index contributed by atoms with van der Waals surface area (Å²) in [6.07, 6.45) is -4.55. The molecule has 1 aliphatic rings. The van der Waals surface area contributed by atoms with Gasteiger partial charge in [0.15, 0.2) is 0 Å². The van der Waals surface area contributed by atoms with Crippen molar-refractivity contribution in [3.05, 3.63) is 0 Å². The molecule has 92 valence electrons. The molecule has 4 nitrogen and oxygen atoms in total. The van der Waals surface area contributed by atoms with Gasteiger partial charge < -0.3 is 10.2 Å². The summed E-state index contributed by atoms with van der Waals surface area (Å²) in [6.45, 7) is 1.27. The fraction of sp³-hybridized carbons (Fsp3) is 0.778. The van der Waals surface area contributed by atoms with E-state index in [1.807, 2.05) is 0 Å². The molecule has 1 fully saturated rings. The van der Waals surface area contributed by atoms with Crippen LogP contribution < -0.4 is 5.32 Å². The van der Waals surface area contributed by atoms with Crippen molar-refractivity contribution in [3.8, 4) is 0 Å². The summed E-state index contributed by atoms with van der Waals surface area (Å²) in [5.74, 6) is -1.13. The van der Waals surface area contributed by atoms with Crippen LogP contribution >= 0.6 is 0 Å². The van der Waals surface area contributed by atoms with E-state index in [2.05, 4.69) is 5.32 Å². The number of carbonyl (C=O) groups excluding carboxylic acids is 2. The van der Waals surface area contributed by atoms with E-state index in [1.165, 1.54) is 13.8 Å². The number of nitrogens with one attached hydrogen (secondary N) is 1. The van der Waals surface area contributed by atoms with E-state index >= 15 is 0 Å². The zero-order valence-electron chi connectivity index (χ0n) is 9.02. The molecule has 0 atom stereocenters. The van der Waals surface area contributed by atoms with Gasteiger partial charge in [0, 0.05) is 13.0 Å². The van der Waals surface area contributed by atoms with E-state index in [0.29, 0.717) is 4.90 Å². The Kier molecular flexibility index (Phi) is 3.16. The number of rotatable bonds is 1. The van der Waals surface area contributed by atoms with Crippen LogP contribution in [-0.4, -0.2) is 41.5 Å². The molecule has 0 saturated carbocycles. The molecule has 1 N–H and O–H groups in total. The molecule has 1 aliphatic heterocycles. The smallest absolute Gasteiger partial charge is 0.342 e. The number of nitrogens with zero attached hydrogens (tertiary/aromatic N) is 1. The Morgan fingerprint density at radius 3 is 2.44 bits per heavy atom. The standard InChI is InChI=1S/C9H13F3N2O2/c1-8(2)7(16)14(5-9(10,11)12)4-3-6(15)13-8/h3-5H2,1-2H3,(H,13,15). The largest absolute Gasteiger partial charge is 0.406 e. The highest BCUT2D eigenvalue weighted by Gasteiger charge is 2.41. The summed E-state index contributed by atoms with van der Waals surface area (Å²) in [4.78, 5) is 23.6. The molecule has 7 heteroatoms. The third-order valence-electron chi connectivity index (χ3n) is 2.25. The zero-order chi connectivity index (χ0) is 12.6. The Bertz CT molecular complexity index is 312. The maximum absolute atomic E-state index is 12.2. The predicted molar refractivity (Wildman–Crippen MR) is 49.5 cm³/mol. The second-order valence-corrected chi connectivity index (χ2v) is 4.27. The predicted octanol–water partition coefficient (Wildman–Crippen LogP) is 0.676. The Hall–Kier alpha value is -1.27. The number of alkyl halides is 3. The van der Waals surface area contributed by atoms with Gasteiger partial charge in [0.05, 0.1) is 0 Å². The Morgan fingerprint density at radius 2 is 1.94 bits per heavy atom. The first-order valence-corrected chi connectivity index (χ1v) is 4.79. The zero-order valence-corrected chi connectivity index (χ0v) is 9.02. The normalized spacial score (nSPS) is 21.7. The summed E-state index contributed by atoms with van der Waals surface area (Å²) in [6, 6.07) is 0. The summed E-state index contributed by atoms with van der Waals surface area (Å²) in [5.41, 5.74) is -1.28. The third-order valence-corrected chi connectivity index (χ3v) is 2.25. The molecule has 0 unspecified atom stereocenters. The van der Waals surface area contributed by atoms with E-state index in [1.54, 1.807) is 0 Å². The van der Waals surface area contributed by atoms with Crippen molar-refractivity contribution in [2.75, 3.05) is 13.1 Å². The van der Waals surface area contributed by atoms with Gasteiger partial charge in [-0.1, -0.05) is 0 Å². The molecule has 0 aliphatic carbocycles. The average molecular weight is 238 g/mol. The number of hydrogen-bond acceptors (Lipinski definition) is 2. The van der Waals surface area contributed by atoms with Gasteiger partial charge in [-0.3, -0.25) is 9.59 Å². The van der Waals surface area contributed by atoms with Crippen LogP contribution in [0.1, 0.15) is 20.3 Å². The molecule has 0 aromatic heterocycles. The first kappa shape index (κ1) is 12.8. The monoisotopic (exact) mass is 238 g/mol. The van der Waals surface area contributed by atoms with E-state index in [0.717, 1.165) is 0 Å². The van der Waals surface area contributed by atoms with Crippen molar-refractivity contribution in [2.45, 2.75) is 32.0 Å². The molecular weight excluding hydrogens is 225 g/mol. The third kappa shape index (κ3) is 3.11. The lowest BCUT2D eigenvalue weighted by Crippen LogP contribution is -2.54. The van der Waals surface area contributed by atoms with Gasteiger partial charge in [0.25, 0.3) is 0 Å². The topological polar surface area (TPSA) is 49.4 Å². The molecule has 1 heterocycles. The van der Waals surface area contributed by atoms with Crippen LogP contribution in [0.3, 0.4) is 0 Å². The van der Waals surface area contributed by atoms with Gasteiger partial charge in [0.2, 0.25) is 11.8 Å². The van der Waals surface area contributed by atoms with E-state index in [9.17, 15) is 22.8 Å². The lowest BCUT2D eigenvalue weighted by atomic mass is 10.0. The Labute approximate surface area is 90.8 Å². The lowest BCUT2D eigenvalue weighted by molar-refractivity contribution is -0.163. The maximum atomic E-state index is 12.2. The van der Waals surface area contributed by atoms with Crippen molar-refractivity contribution in [1.82, 2.24) is 10.2 Å². The minimum atomic E-state index is -4.45. The van der Waals surface area contributed by atoms with Gasteiger partial charge in [-0.15, -0.1) is 0 Å². The van der Waals surface area contributed by atoms with Crippen LogP contribution in [0.25, 0.3) is 0 Å². The first-order valence-electron chi connectivity index (χ1n) is 4.79. The van der Waals surface area contributed by atoms with Crippen LogP contribution in [0.4, 0.5) is 13.2 Å². The second-order valence-electron chi connectivity index (χ2n) is 4.27. The van der Waals surface area contributed by atoms with Crippen molar-refractivity contribution in [1.29, 1.82) is 0 Å². The van der Waals surface area contributed by atoms with Gasteiger partial charge in [-0.2, -0.15) is 13.2 Å². The van der Waals surface area contributed by atoms with E-state index in [-0.39, 0.29) is 13.0 Å². The molecule has 0 spiro atoms. The van der Waals surface area contributed by atoms with E-state index in [4.69, 9.17) is 0 Å². The number of halogens is 3. The highest BCUT2D eigenvalue weighted by atomic mass is 19.4. The number of hydrogen-bond donors (Lipinski definition) is 1. The number of amides is 2. The summed E-state index contributed by atoms with van der Waals surface area (Å²) in [7, 11) is 0. The van der Waals surface area contributed by atoms with Crippen LogP contribution in [0.2, 0.25) is 0 Å². The molecule has 1 saturated heterocycles. The van der Waals surface area contributed by atoms with Crippen molar-refractivity contribution in [2.24, 2.45) is 0 Å². The van der Waals surface area contributed by atoms with E-state index < -0.39 is 30.1 Å². The minimum Gasteiger partial charge on any atom is -0.342 e. The summed E-state index contributed by atoms with van der Waals surface area (Å²) >= 11 is 0. The second kappa shape index (κ2) is 3.95. The first-order chi connectivity index (χ1) is 7.12. The Balaban J connectivity index is 2.85.